The second-order valence-electron chi connectivity index (χ2n) is 4.26. The maximum Gasteiger partial charge on any atom is 0.227 e. The fraction of sp³-hybridized carbons (Fsp3) is 0.385. The molecule has 0 saturated heterocycles. The Kier molecular flexibility index (Phi) is 4.07. The first kappa shape index (κ1) is 12.7. The lowest BCUT2D eigenvalue weighted by atomic mass is 10.0. The fourth-order valence-corrected chi connectivity index (χ4v) is 1.73. The van der Waals surface area contributed by atoms with Crippen LogP contribution in [-0.4, -0.2) is 21.9 Å². The number of nitrogens with two attached hydrogens (primary N) is 1. The Labute approximate surface area is 106 Å². The van der Waals surface area contributed by atoms with Crippen molar-refractivity contribution in [1.29, 1.82) is 0 Å². The van der Waals surface area contributed by atoms with Crippen molar-refractivity contribution in [1.82, 2.24) is 10.1 Å². The van der Waals surface area contributed by atoms with Gasteiger partial charge in [0, 0.05) is 6.42 Å². The number of nitrogens with zero attached hydrogens (tertiary/aromatic N) is 2. The van der Waals surface area contributed by atoms with E-state index in [1.807, 2.05) is 12.1 Å². The van der Waals surface area contributed by atoms with Gasteiger partial charge in [0.1, 0.15) is 0 Å². The van der Waals surface area contributed by atoms with Crippen molar-refractivity contribution in [3.63, 3.8) is 0 Å². The molecule has 0 saturated carbocycles. The first-order valence-electron chi connectivity index (χ1n) is 5.94. The molecule has 5 heteroatoms. The molecule has 0 spiro atoms. The van der Waals surface area contributed by atoms with Gasteiger partial charge < -0.3 is 15.4 Å². The van der Waals surface area contributed by atoms with Gasteiger partial charge in [-0.2, -0.15) is 4.98 Å². The van der Waals surface area contributed by atoms with Gasteiger partial charge in [0.25, 0.3) is 0 Å². The van der Waals surface area contributed by atoms with Crippen LogP contribution < -0.4 is 5.73 Å². The summed E-state index contributed by atoms with van der Waals surface area (Å²) in [6.45, 7) is 1.90. The van der Waals surface area contributed by atoms with E-state index in [1.165, 1.54) is 11.1 Å². The van der Waals surface area contributed by atoms with Gasteiger partial charge in [0.2, 0.25) is 5.89 Å². The summed E-state index contributed by atoms with van der Waals surface area (Å²) >= 11 is 0. The zero-order chi connectivity index (χ0) is 13.0. The minimum Gasteiger partial charge on any atom is -0.394 e. The molecule has 0 bridgehead atoms. The Balaban J connectivity index is 1.98. The third-order valence-corrected chi connectivity index (χ3v) is 2.88. The van der Waals surface area contributed by atoms with E-state index in [1.54, 1.807) is 0 Å². The number of hydrogen-bond acceptors (Lipinski definition) is 5. The molecule has 0 aliphatic carbocycles. The molecule has 96 valence electrons. The summed E-state index contributed by atoms with van der Waals surface area (Å²) in [6.07, 6.45) is 1.53. The van der Waals surface area contributed by atoms with Crippen molar-refractivity contribution >= 4 is 0 Å². The molecule has 1 aromatic carbocycles. The molecule has 5 nitrogen and oxygen atoms in total. The van der Waals surface area contributed by atoms with Crippen molar-refractivity contribution in [2.45, 2.75) is 25.8 Å². The third kappa shape index (κ3) is 2.94. The van der Waals surface area contributed by atoms with Crippen LogP contribution in [0, 0.1) is 6.92 Å². The van der Waals surface area contributed by atoms with E-state index >= 15 is 0 Å². The van der Waals surface area contributed by atoms with Gasteiger partial charge in [-0.25, -0.2) is 0 Å². The average molecular weight is 247 g/mol. The number of aliphatic hydroxyl groups excluding tert-OH is 1. The molecule has 3 N–H and O–H groups in total. The molecule has 0 amide bonds. The second-order valence-corrected chi connectivity index (χ2v) is 4.26. The largest absolute Gasteiger partial charge is 0.394 e. The molecule has 1 atom stereocenters. The highest BCUT2D eigenvalue weighted by atomic mass is 16.5. The maximum atomic E-state index is 8.90. The molecular weight excluding hydrogens is 230 g/mol. The number of rotatable bonds is 5. The predicted molar refractivity (Wildman–Crippen MR) is 66.9 cm³/mol. The number of aliphatic hydroxyl groups is 1. The topological polar surface area (TPSA) is 85.2 Å². The van der Waals surface area contributed by atoms with Crippen molar-refractivity contribution in [3.8, 4) is 0 Å². The molecule has 0 aliphatic rings. The van der Waals surface area contributed by atoms with E-state index in [2.05, 4.69) is 29.2 Å². The van der Waals surface area contributed by atoms with Crippen LogP contribution in [0.15, 0.2) is 28.8 Å². The van der Waals surface area contributed by atoms with E-state index in [0.717, 1.165) is 6.42 Å². The van der Waals surface area contributed by atoms with Gasteiger partial charge in [-0.15, -0.1) is 0 Å². The SMILES string of the molecule is Cc1ccccc1CCc1nc(C(N)CO)no1. The van der Waals surface area contributed by atoms with Crippen molar-refractivity contribution in [2.75, 3.05) is 6.61 Å². The van der Waals surface area contributed by atoms with Crippen molar-refractivity contribution in [3.05, 3.63) is 47.1 Å². The molecule has 2 aromatic rings. The van der Waals surface area contributed by atoms with E-state index in [4.69, 9.17) is 15.4 Å². The first-order valence-corrected chi connectivity index (χ1v) is 5.94. The molecular formula is C13H17N3O2. The third-order valence-electron chi connectivity index (χ3n) is 2.88. The minimum atomic E-state index is -0.569. The highest BCUT2D eigenvalue weighted by molar-refractivity contribution is 5.25. The van der Waals surface area contributed by atoms with E-state index in [-0.39, 0.29) is 6.61 Å². The van der Waals surface area contributed by atoms with Crippen LogP contribution in [0.25, 0.3) is 0 Å². The Hall–Kier alpha value is -1.72. The maximum absolute atomic E-state index is 8.90. The van der Waals surface area contributed by atoms with Crippen LogP contribution in [0.3, 0.4) is 0 Å². The van der Waals surface area contributed by atoms with Gasteiger partial charge >= 0.3 is 0 Å². The minimum absolute atomic E-state index is 0.184. The van der Waals surface area contributed by atoms with Crippen LogP contribution in [-0.2, 0) is 12.8 Å². The van der Waals surface area contributed by atoms with Crippen molar-refractivity contribution < 1.29 is 9.63 Å². The monoisotopic (exact) mass is 247 g/mol. The molecule has 1 unspecified atom stereocenters. The van der Waals surface area contributed by atoms with Crippen LogP contribution in [0.5, 0.6) is 0 Å². The fourth-order valence-electron chi connectivity index (χ4n) is 1.73. The first-order chi connectivity index (χ1) is 8.70. The van der Waals surface area contributed by atoms with Crippen LogP contribution in [0.1, 0.15) is 28.9 Å². The van der Waals surface area contributed by atoms with E-state index < -0.39 is 6.04 Å². The quantitative estimate of drug-likeness (QED) is 0.828. The van der Waals surface area contributed by atoms with Crippen LogP contribution in [0.2, 0.25) is 0 Å². The Morgan fingerprint density at radius 2 is 2.11 bits per heavy atom. The number of aryl methyl sites for hydroxylation is 3. The van der Waals surface area contributed by atoms with Gasteiger partial charge in [-0.05, 0) is 24.5 Å². The summed E-state index contributed by atoms with van der Waals surface area (Å²) in [6, 6.07) is 7.64. The van der Waals surface area contributed by atoms with Gasteiger partial charge in [0.05, 0.1) is 12.6 Å². The summed E-state index contributed by atoms with van der Waals surface area (Å²) < 4.78 is 5.10. The van der Waals surface area contributed by atoms with Gasteiger partial charge in [-0.3, -0.25) is 0 Å². The highest BCUT2D eigenvalue weighted by Gasteiger charge is 2.13. The molecule has 0 radical (unpaired) electrons. The molecule has 18 heavy (non-hydrogen) atoms. The second kappa shape index (κ2) is 5.75. The van der Waals surface area contributed by atoms with Crippen LogP contribution >= 0.6 is 0 Å². The van der Waals surface area contributed by atoms with E-state index in [0.29, 0.717) is 18.1 Å². The number of aromatic nitrogens is 2. The lowest BCUT2D eigenvalue weighted by Crippen LogP contribution is -2.16. The number of hydrogen-bond donors (Lipinski definition) is 2. The predicted octanol–water partition coefficient (Wildman–Crippen LogP) is 1.16. The van der Waals surface area contributed by atoms with Gasteiger partial charge in [-0.1, -0.05) is 29.4 Å². The Morgan fingerprint density at radius 1 is 1.33 bits per heavy atom. The zero-order valence-corrected chi connectivity index (χ0v) is 10.3. The highest BCUT2D eigenvalue weighted by Crippen LogP contribution is 2.12. The lowest BCUT2D eigenvalue weighted by molar-refractivity contribution is 0.259. The standard InChI is InChI=1S/C13H17N3O2/c1-9-4-2-3-5-10(9)6-7-12-15-13(16-18-12)11(14)8-17/h2-5,11,17H,6-8,14H2,1H3. The summed E-state index contributed by atoms with van der Waals surface area (Å²) in [5, 5.41) is 12.6. The summed E-state index contributed by atoms with van der Waals surface area (Å²) in [7, 11) is 0. The van der Waals surface area contributed by atoms with E-state index in [9.17, 15) is 0 Å². The summed E-state index contributed by atoms with van der Waals surface area (Å²) in [4.78, 5) is 4.16. The average Bonchev–Trinajstić information content (AvgIpc) is 2.86. The molecule has 0 fully saturated rings. The Morgan fingerprint density at radius 3 is 2.83 bits per heavy atom. The van der Waals surface area contributed by atoms with Gasteiger partial charge in [0.15, 0.2) is 5.82 Å². The molecule has 1 aromatic heterocycles. The Bertz CT molecular complexity index is 510. The number of benzene rings is 1. The summed E-state index contributed by atoms with van der Waals surface area (Å²) in [5.74, 6) is 0.912. The van der Waals surface area contributed by atoms with Crippen LogP contribution in [0.4, 0.5) is 0 Å². The molecule has 1 heterocycles. The lowest BCUT2D eigenvalue weighted by Gasteiger charge is -2.02. The molecule has 0 aliphatic heterocycles. The van der Waals surface area contributed by atoms with Crippen molar-refractivity contribution in [2.24, 2.45) is 5.73 Å². The molecule has 2 rings (SSSR count). The zero-order valence-electron chi connectivity index (χ0n) is 10.3. The summed E-state index contributed by atoms with van der Waals surface area (Å²) in [5.41, 5.74) is 8.13. The smallest absolute Gasteiger partial charge is 0.227 e. The normalized spacial score (nSPS) is 12.6.